The number of nitrogen functional groups attached to an aromatic ring is 1. The summed E-state index contributed by atoms with van der Waals surface area (Å²) in [5, 5.41) is 0. The van der Waals surface area contributed by atoms with E-state index in [-0.39, 0.29) is 35.4 Å². The Kier molecular flexibility index (Phi) is 5.67. The molecule has 2 atom stereocenters. The van der Waals surface area contributed by atoms with E-state index in [4.69, 9.17) is 19.9 Å². The molecule has 1 aliphatic carbocycles. The fourth-order valence-electron chi connectivity index (χ4n) is 4.47. The first kappa shape index (κ1) is 20.9. The maximum absolute atomic E-state index is 12.8. The topological polar surface area (TPSA) is 117 Å². The average molecular weight is 426 g/mol. The summed E-state index contributed by atoms with van der Waals surface area (Å²) < 4.78 is 16.1. The van der Waals surface area contributed by atoms with Crippen LogP contribution in [0.1, 0.15) is 36.8 Å². The van der Waals surface area contributed by atoms with Gasteiger partial charge in [0, 0.05) is 18.2 Å². The number of fused-ring (bicyclic) bond motifs is 1. The summed E-state index contributed by atoms with van der Waals surface area (Å²) in [6, 6.07) is 3.65. The molecule has 1 aromatic carbocycles. The Morgan fingerprint density at radius 3 is 2.06 bits per heavy atom. The molecule has 9 nitrogen and oxygen atoms in total. The zero-order valence-electron chi connectivity index (χ0n) is 17.9. The summed E-state index contributed by atoms with van der Waals surface area (Å²) in [5.74, 6) is 0.881. The number of imide groups is 1. The van der Waals surface area contributed by atoms with Crippen LogP contribution >= 0.6 is 0 Å². The van der Waals surface area contributed by atoms with Crippen molar-refractivity contribution in [3.05, 3.63) is 29.5 Å². The quantitative estimate of drug-likeness (QED) is 0.700. The number of aromatic nitrogens is 2. The number of ether oxygens (including phenoxy) is 3. The number of nitrogens with zero attached hydrogens (tertiary/aromatic N) is 3. The molecule has 2 amide bonds. The Morgan fingerprint density at radius 1 is 1.00 bits per heavy atom. The maximum atomic E-state index is 12.8. The van der Waals surface area contributed by atoms with Gasteiger partial charge < -0.3 is 19.9 Å². The first-order valence-corrected chi connectivity index (χ1v) is 10.3. The predicted octanol–water partition coefficient (Wildman–Crippen LogP) is 2.36. The normalized spacial score (nSPS) is 20.5. The third-order valence-corrected chi connectivity index (χ3v) is 6.05. The zero-order valence-corrected chi connectivity index (χ0v) is 17.9. The molecule has 0 radical (unpaired) electrons. The number of rotatable bonds is 6. The van der Waals surface area contributed by atoms with Crippen LogP contribution in [0.25, 0.3) is 0 Å². The molecule has 2 N–H and O–H groups in total. The van der Waals surface area contributed by atoms with Gasteiger partial charge >= 0.3 is 0 Å². The number of nitrogens with two attached hydrogens (primary N) is 1. The molecule has 2 fully saturated rings. The number of methoxy groups -OCH3 is 3. The Morgan fingerprint density at radius 2 is 1.58 bits per heavy atom. The Bertz CT molecular complexity index is 976. The lowest BCUT2D eigenvalue weighted by Crippen LogP contribution is -2.32. The highest BCUT2D eigenvalue weighted by atomic mass is 16.5. The van der Waals surface area contributed by atoms with Gasteiger partial charge in [-0.05, 0) is 30.5 Å². The molecular formula is C22H26N4O5. The van der Waals surface area contributed by atoms with E-state index in [9.17, 15) is 9.59 Å². The summed E-state index contributed by atoms with van der Waals surface area (Å²) in [5.41, 5.74) is 7.70. The van der Waals surface area contributed by atoms with Gasteiger partial charge in [0.15, 0.2) is 11.5 Å². The van der Waals surface area contributed by atoms with Crippen LogP contribution in [0.4, 0.5) is 11.8 Å². The largest absolute Gasteiger partial charge is 0.493 e. The maximum Gasteiger partial charge on any atom is 0.241 e. The van der Waals surface area contributed by atoms with Crippen LogP contribution in [0.2, 0.25) is 0 Å². The number of carbonyl (C=O) groups is 2. The van der Waals surface area contributed by atoms with Crippen LogP contribution in [0.5, 0.6) is 17.2 Å². The van der Waals surface area contributed by atoms with Crippen LogP contribution in [0.3, 0.4) is 0 Å². The van der Waals surface area contributed by atoms with Gasteiger partial charge in [-0.25, -0.2) is 9.88 Å². The van der Waals surface area contributed by atoms with Crippen LogP contribution < -0.4 is 24.8 Å². The Balaban J connectivity index is 1.60. The van der Waals surface area contributed by atoms with Gasteiger partial charge in [-0.1, -0.05) is 12.8 Å². The molecule has 4 rings (SSSR count). The molecule has 0 bridgehead atoms. The van der Waals surface area contributed by atoms with Crippen LogP contribution in [-0.4, -0.2) is 43.1 Å². The second-order valence-corrected chi connectivity index (χ2v) is 7.80. The van der Waals surface area contributed by atoms with Crippen molar-refractivity contribution in [3.63, 3.8) is 0 Å². The van der Waals surface area contributed by atoms with Gasteiger partial charge in [0.2, 0.25) is 23.5 Å². The smallest absolute Gasteiger partial charge is 0.241 e. The molecule has 1 saturated carbocycles. The van der Waals surface area contributed by atoms with Crippen LogP contribution in [-0.2, 0) is 16.0 Å². The van der Waals surface area contributed by atoms with Crippen molar-refractivity contribution in [2.24, 2.45) is 11.8 Å². The van der Waals surface area contributed by atoms with Gasteiger partial charge in [-0.3, -0.25) is 9.59 Å². The summed E-state index contributed by atoms with van der Waals surface area (Å²) in [7, 11) is 4.64. The summed E-state index contributed by atoms with van der Waals surface area (Å²) in [4.78, 5) is 35.3. The lowest BCUT2D eigenvalue weighted by atomic mass is 9.81. The van der Waals surface area contributed by atoms with Crippen molar-refractivity contribution in [2.45, 2.75) is 32.1 Å². The number of benzene rings is 1. The molecule has 2 heterocycles. The SMILES string of the molecule is COc1cc(Cc2cnc(N3C(=O)C4CCCCC4C3=O)nc2N)cc(OC)c1OC. The van der Waals surface area contributed by atoms with E-state index in [2.05, 4.69) is 9.97 Å². The standard InChI is InChI=1S/C22H26N4O5/c1-29-16-9-12(10-17(30-2)18(16)31-3)8-13-11-24-22(25-19(13)23)26-20(27)14-6-4-5-7-15(14)21(26)28/h9-11,14-15H,4-8H2,1-3H3,(H2,23,24,25). The molecule has 0 spiro atoms. The molecule has 2 aliphatic rings. The van der Waals surface area contributed by atoms with Crippen LogP contribution in [0.15, 0.2) is 18.3 Å². The zero-order chi connectivity index (χ0) is 22.1. The lowest BCUT2D eigenvalue weighted by Gasteiger charge is -2.19. The number of anilines is 2. The highest BCUT2D eigenvalue weighted by Crippen LogP contribution is 2.40. The van der Waals surface area contributed by atoms with Crippen molar-refractivity contribution >= 4 is 23.6 Å². The fourth-order valence-corrected chi connectivity index (χ4v) is 4.47. The fraction of sp³-hybridized carbons (Fsp3) is 0.455. The van der Waals surface area contributed by atoms with E-state index in [0.29, 0.717) is 29.2 Å². The molecule has 2 aromatic rings. The Hall–Kier alpha value is -3.36. The number of hydrogen-bond donors (Lipinski definition) is 1. The molecule has 164 valence electrons. The van der Waals surface area contributed by atoms with E-state index in [0.717, 1.165) is 36.1 Å². The molecule has 1 saturated heterocycles. The number of carbonyl (C=O) groups excluding carboxylic acids is 2. The molecule has 9 heteroatoms. The monoisotopic (exact) mass is 426 g/mol. The molecule has 2 unspecified atom stereocenters. The second kappa shape index (κ2) is 8.41. The van der Waals surface area contributed by atoms with E-state index in [1.807, 2.05) is 12.1 Å². The Labute approximate surface area is 180 Å². The number of hydrogen-bond acceptors (Lipinski definition) is 8. The van der Waals surface area contributed by atoms with Gasteiger partial charge in [0.1, 0.15) is 5.82 Å². The minimum atomic E-state index is -0.259. The van der Waals surface area contributed by atoms with Crippen molar-refractivity contribution in [2.75, 3.05) is 32.0 Å². The molecular weight excluding hydrogens is 400 g/mol. The van der Waals surface area contributed by atoms with Crippen molar-refractivity contribution < 1.29 is 23.8 Å². The third kappa shape index (κ3) is 3.64. The van der Waals surface area contributed by atoms with Crippen molar-refractivity contribution in [3.8, 4) is 17.2 Å². The van der Waals surface area contributed by atoms with Gasteiger partial charge in [0.05, 0.1) is 33.2 Å². The summed E-state index contributed by atoms with van der Waals surface area (Å²) in [6.07, 6.45) is 5.37. The first-order chi connectivity index (χ1) is 15.0. The van der Waals surface area contributed by atoms with E-state index in [1.165, 1.54) is 0 Å². The lowest BCUT2D eigenvalue weighted by molar-refractivity contribution is -0.122. The van der Waals surface area contributed by atoms with E-state index < -0.39 is 0 Å². The third-order valence-electron chi connectivity index (χ3n) is 6.05. The van der Waals surface area contributed by atoms with Crippen LogP contribution in [0, 0.1) is 11.8 Å². The van der Waals surface area contributed by atoms with E-state index in [1.54, 1.807) is 27.5 Å². The van der Waals surface area contributed by atoms with Gasteiger partial charge in [0.25, 0.3) is 0 Å². The van der Waals surface area contributed by atoms with Gasteiger partial charge in [-0.2, -0.15) is 4.98 Å². The summed E-state index contributed by atoms with van der Waals surface area (Å²) in [6.45, 7) is 0. The van der Waals surface area contributed by atoms with Crippen molar-refractivity contribution in [1.29, 1.82) is 0 Å². The van der Waals surface area contributed by atoms with Crippen molar-refractivity contribution in [1.82, 2.24) is 9.97 Å². The minimum absolute atomic E-state index is 0.0514. The second-order valence-electron chi connectivity index (χ2n) is 7.80. The first-order valence-electron chi connectivity index (χ1n) is 10.3. The molecule has 1 aliphatic heterocycles. The minimum Gasteiger partial charge on any atom is -0.493 e. The molecule has 1 aromatic heterocycles. The van der Waals surface area contributed by atoms with Gasteiger partial charge in [-0.15, -0.1) is 0 Å². The average Bonchev–Trinajstić information content (AvgIpc) is 3.04. The van der Waals surface area contributed by atoms with E-state index >= 15 is 0 Å². The highest BCUT2D eigenvalue weighted by molar-refractivity contribution is 6.21. The molecule has 31 heavy (non-hydrogen) atoms. The predicted molar refractivity (Wildman–Crippen MR) is 113 cm³/mol. The number of amides is 2. The summed E-state index contributed by atoms with van der Waals surface area (Å²) >= 11 is 0. The highest BCUT2D eigenvalue weighted by Gasteiger charge is 2.49.